The van der Waals surface area contributed by atoms with E-state index in [4.69, 9.17) is 0 Å². The summed E-state index contributed by atoms with van der Waals surface area (Å²) in [6.07, 6.45) is 1.80. The molecule has 8 nitrogen and oxygen atoms in total. The fraction of sp³-hybridized carbons (Fsp3) is 0.385. The Kier molecular flexibility index (Phi) is 3.88. The Morgan fingerprint density at radius 3 is 2.68 bits per heavy atom. The molecule has 1 N–H and O–H groups in total. The van der Waals surface area contributed by atoms with Gasteiger partial charge in [-0.2, -0.15) is 0 Å². The summed E-state index contributed by atoms with van der Waals surface area (Å²) in [5.74, 6) is -0.227. The van der Waals surface area contributed by atoms with Crippen molar-refractivity contribution in [1.29, 1.82) is 0 Å². The van der Waals surface area contributed by atoms with E-state index in [2.05, 4.69) is 20.8 Å². The molecule has 22 heavy (non-hydrogen) atoms. The lowest BCUT2D eigenvalue weighted by Gasteiger charge is -2.19. The van der Waals surface area contributed by atoms with Crippen LogP contribution in [-0.4, -0.2) is 52.1 Å². The molecule has 1 aromatic heterocycles. The van der Waals surface area contributed by atoms with Gasteiger partial charge in [-0.25, -0.2) is 13.1 Å². The molecule has 0 radical (unpaired) electrons. The van der Waals surface area contributed by atoms with E-state index in [-0.39, 0.29) is 23.5 Å². The number of hydrogen-bond donors (Lipinski definition) is 1. The molecule has 1 aromatic carbocycles. The standard InChI is InChI=1S/C13H15N5O3S/c19-13(15-11-6-7-22(20,21)8-11)12(18-9-14-16-17-18)10-4-2-1-3-5-10/h1-5,9,11-12H,6-8H2,(H,15,19)/t11-,12+/m1/s1. The molecule has 0 aliphatic carbocycles. The minimum atomic E-state index is -3.05. The summed E-state index contributed by atoms with van der Waals surface area (Å²) in [4.78, 5) is 12.6. The van der Waals surface area contributed by atoms with E-state index >= 15 is 0 Å². The molecular formula is C13H15N5O3S. The van der Waals surface area contributed by atoms with Crippen LogP contribution in [0.2, 0.25) is 0 Å². The Balaban J connectivity index is 1.82. The molecule has 2 aromatic rings. The van der Waals surface area contributed by atoms with E-state index in [1.807, 2.05) is 18.2 Å². The molecule has 1 saturated heterocycles. The highest BCUT2D eigenvalue weighted by molar-refractivity contribution is 7.91. The van der Waals surface area contributed by atoms with Gasteiger partial charge in [-0.05, 0) is 22.4 Å². The molecule has 1 amide bonds. The molecule has 116 valence electrons. The molecule has 0 saturated carbocycles. The summed E-state index contributed by atoms with van der Waals surface area (Å²) in [7, 11) is -3.05. The summed E-state index contributed by atoms with van der Waals surface area (Å²) in [5.41, 5.74) is 0.730. The molecule has 1 aliphatic heterocycles. The quantitative estimate of drug-likeness (QED) is 0.818. The predicted octanol–water partition coefficient (Wildman–Crippen LogP) is -0.434. The molecule has 1 fully saturated rings. The zero-order chi connectivity index (χ0) is 15.6. The van der Waals surface area contributed by atoms with Crippen LogP contribution in [-0.2, 0) is 14.6 Å². The maximum absolute atomic E-state index is 12.6. The molecule has 2 heterocycles. The summed E-state index contributed by atoms with van der Waals surface area (Å²) in [6.45, 7) is 0. The van der Waals surface area contributed by atoms with Crippen molar-refractivity contribution in [3.63, 3.8) is 0 Å². The van der Waals surface area contributed by atoms with Gasteiger partial charge >= 0.3 is 0 Å². The van der Waals surface area contributed by atoms with Crippen molar-refractivity contribution >= 4 is 15.7 Å². The van der Waals surface area contributed by atoms with Gasteiger partial charge in [0, 0.05) is 6.04 Å². The maximum atomic E-state index is 12.6. The van der Waals surface area contributed by atoms with Gasteiger partial charge in [0.1, 0.15) is 6.33 Å². The van der Waals surface area contributed by atoms with Gasteiger partial charge in [-0.1, -0.05) is 30.3 Å². The highest BCUT2D eigenvalue weighted by Gasteiger charge is 2.32. The van der Waals surface area contributed by atoms with Crippen molar-refractivity contribution in [2.45, 2.75) is 18.5 Å². The van der Waals surface area contributed by atoms with Crippen molar-refractivity contribution in [2.75, 3.05) is 11.5 Å². The van der Waals surface area contributed by atoms with Gasteiger partial charge in [0.15, 0.2) is 15.9 Å². The molecular weight excluding hydrogens is 306 g/mol. The molecule has 2 atom stereocenters. The molecule has 9 heteroatoms. The molecule has 3 rings (SSSR count). The van der Waals surface area contributed by atoms with Crippen molar-refractivity contribution in [1.82, 2.24) is 25.5 Å². The van der Waals surface area contributed by atoms with E-state index in [9.17, 15) is 13.2 Å². The molecule has 0 bridgehead atoms. The van der Waals surface area contributed by atoms with Gasteiger partial charge in [-0.3, -0.25) is 4.79 Å². The number of rotatable bonds is 4. The van der Waals surface area contributed by atoms with Gasteiger partial charge in [0.25, 0.3) is 0 Å². The number of carbonyl (C=O) groups excluding carboxylic acids is 1. The van der Waals surface area contributed by atoms with Crippen LogP contribution in [0.4, 0.5) is 0 Å². The second-order valence-electron chi connectivity index (χ2n) is 5.21. The lowest BCUT2D eigenvalue weighted by Crippen LogP contribution is -2.41. The normalized spacial score (nSPS) is 21.4. The first-order valence-corrected chi connectivity index (χ1v) is 8.65. The third kappa shape index (κ3) is 3.14. The molecule has 1 aliphatic rings. The topological polar surface area (TPSA) is 107 Å². The highest BCUT2D eigenvalue weighted by atomic mass is 32.2. The Hall–Kier alpha value is -2.29. The van der Waals surface area contributed by atoms with Gasteiger partial charge in [0.05, 0.1) is 11.5 Å². The predicted molar refractivity (Wildman–Crippen MR) is 77.6 cm³/mol. The molecule has 0 spiro atoms. The Morgan fingerprint density at radius 2 is 2.09 bits per heavy atom. The third-order valence-corrected chi connectivity index (χ3v) is 5.34. The first kappa shape index (κ1) is 14.6. The number of aromatic nitrogens is 4. The average Bonchev–Trinajstić information content (AvgIpc) is 3.10. The fourth-order valence-electron chi connectivity index (χ4n) is 2.54. The van der Waals surface area contributed by atoms with Gasteiger partial charge in [-0.15, -0.1) is 5.10 Å². The summed E-state index contributed by atoms with van der Waals surface area (Å²) >= 11 is 0. The lowest BCUT2D eigenvalue weighted by atomic mass is 10.1. The monoisotopic (exact) mass is 321 g/mol. The number of amides is 1. The van der Waals surface area contributed by atoms with Crippen LogP contribution in [0.15, 0.2) is 36.7 Å². The van der Waals surface area contributed by atoms with Gasteiger partial charge in [0.2, 0.25) is 5.91 Å². The first-order chi connectivity index (χ1) is 10.6. The first-order valence-electron chi connectivity index (χ1n) is 6.83. The van der Waals surface area contributed by atoms with E-state index in [1.165, 1.54) is 11.0 Å². The number of nitrogens with one attached hydrogen (secondary N) is 1. The van der Waals surface area contributed by atoms with Crippen molar-refractivity contribution in [3.8, 4) is 0 Å². The molecule has 0 unspecified atom stereocenters. The Labute approximate surface area is 127 Å². The maximum Gasteiger partial charge on any atom is 0.249 e. The summed E-state index contributed by atoms with van der Waals surface area (Å²) in [5, 5.41) is 13.7. The Morgan fingerprint density at radius 1 is 1.32 bits per heavy atom. The summed E-state index contributed by atoms with van der Waals surface area (Å²) in [6, 6.07) is 8.01. The number of sulfone groups is 1. The second kappa shape index (κ2) is 5.84. The van der Waals surface area contributed by atoms with Crippen LogP contribution in [0.25, 0.3) is 0 Å². The third-order valence-electron chi connectivity index (χ3n) is 3.57. The van der Waals surface area contributed by atoms with Crippen LogP contribution < -0.4 is 5.32 Å². The SMILES string of the molecule is O=C(N[C@@H]1CCS(=O)(=O)C1)[C@H](c1ccccc1)n1cnnn1. The van der Waals surface area contributed by atoms with Gasteiger partial charge < -0.3 is 5.32 Å². The fourth-order valence-corrected chi connectivity index (χ4v) is 4.21. The van der Waals surface area contributed by atoms with Crippen LogP contribution in [0.5, 0.6) is 0 Å². The number of hydrogen-bond acceptors (Lipinski definition) is 6. The summed E-state index contributed by atoms with van der Waals surface area (Å²) < 4.78 is 24.4. The zero-order valence-electron chi connectivity index (χ0n) is 11.7. The van der Waals surface area contributed by atoms with Crippen LogP contribution in [0.1, 0.15) is 18.0 Å². The second-order valence-corrected chi connectivity index (χ2v) is 7.44. The van der Waals surface area contributed by atoms with E-state index in [0.29, 0.717) is 6.42 Å². The van der Waals surface area contributed by atoms with Crippen LogP contribution in [0, 0.1) is 0 Å². The smallest absolute Gasteiger partial charge is 0.249 e. The van der Waals surface area contributed by atoms with Crippen LogP contribution in [0.3, 0.4) is 0 Å². The minimum Gasteiger partial charge on any atom is -0.350 e. The van der Waals surface area contributed by atoms with Crippen molar-refractivity contribution in [3.05, 3.63) is 42.2 Å². The van der Waals surface area contributed by atoms with E-state index < -0.39 is 15.9 Å². The highest BCUT2D eigenvalue weighted by Crippen LogP contribution is 2.19. The Bertz CT molecular complexity index is 745. The zero-order valence-corrected chi connectivity index (χ0v) is 12.5. The largest absolute Gasteiger partial charge is 0.350 e. The number of carbonyl (C=O) groups is 1. The average molecular weight is 321 g/mol. The van der Waals surface area contributed by atoms with Crippen molar-refractivity contribution in [2.24, 2.45) is 0 Å². The van der Waals surface area contributed by atoms with Crippen molar-refractivity contribution < 1.29 is 13.2 Å². The van der Waals surface area contributed by atoms with Crippen LogP contribution >= 0.6 is 0 Å². The lowest BCUT2D eigenvalue weighted by molar-refractivity contribution is -0.124. The minimum absolute atomic E-state index is 0.0180. The van der Waals surface area contributed by atoms with E-state index in [1.54, 1.807) is 12.1 Å². The number of tetrazole rings is 1. The number of benzene rings is 1. The number of nitrogens with zero attached hydrogens (tertiary/aromatic N) is 4. The van der Waals surface area contributed by atoms with E-state index in [0.717, 1.165) is 5.56 Å².